The molecular formula is C37H46N6O5S2. The minimum absolute atomic E-state index is 0.0653. The Hall–Kier alpha value is -4.59. The van der Waals surface area contributed by atoms with Crippen molar-refractivity contribution in [3.63, 3.8) is 0 Å². The highest BCUT2D eigenvalue weighted by Crippen LogP contribution is 2.17. The minimum Gasteiger partial charge on any atom is -0.444 e. The first-order chi connectivity index (χ1) is 24.1. The summed E-state index contributed by atoms with van der Waals surface area (Å²) in [5.74, 6) is -0.591. The van der Waals surface area contributed by atoms with Gasteiger partial charge in [0.2, 0.25) is 5.91 Å². The molecule has 0 saturated heterocycles. The maximum Gasteiger partial charge on any atom is 0.407 e. The number of benzene rings is 2. The van der Waals surface area contributed by atoms with Crippen LogP contribution in [-0.4, -0.2) is 68.7 Å². The summed E-state index contributed by atoms with van der Waals surface area (Å²) in [4.78, 5) is 46.8. The highest BCUT2D eigenvalue weighted by molar-refractivity contribution is 7.10. The molecule has 0 radical (unpaired) electrons. The number of thiazole rings is 1. The third-order valence-electron chi connectivity index (χ3n) is 7.95. The summed E-state index contributed by atoms with van der Waals surface area (Å²) in [5, 5.41) is 23.3. The van der Waals surface area contributed by atoms with Gasteiger partial charge in [-0.1, -0.05) is 80.6 Å². The average Bonchev–Trinajstić information content (AvgIpc) is 3.79. The first-order valence-electron chi connectivity index (χ1n) is 16.6. The summed E-state index contributed by atoms with van der Waals surface area (Å²) < 4.78 is 9.45. The molecule has 11 nitrogen and oxygen atoms in total. The van der Waals surface area contributed by atoms with Crippen LogP contribution in [0.5, 0.6) is 0 Å². The maximum atomic E-state index is 13.9. The first-order valence-corrected chi connectivity index (χ1v) is 18.2. The van der Waals surface area contributed by atoms with Gasteiger partial charge in [-0.15, -0.1) is 11.3 Å². The number of alkyl carbamates (subject to hydrolysis) is 1. The van der Waals surface area contributed by atoms with Crippen LogP contribution in [0.15, 0.2) is 84.4 Å². The van der Waals surface area contributed by atoms with Crippen molar-refractivity contribution in [3.05, 3.63) is 111 Å². The van der Waals surface area contributed by atoms with Crippen LogP contribution in [0.4, 0.5) is 9.59 Å². The van der Waals surface area contributed by atoms with Crippen LogP contribution in [0.25, 0.3) is 6.08 Å². The number of aromatic nitrogens is 2. The van der Waals surface area contributed by atoms with Gasteiger partial charge in [0.25, 0.3) is 0 Å². The van der Waals surface area contributed by atoms with Gasteiger partial charge in [-0.2, -0.15) is 0 Å². The number of rotatable bonds is 17. The number of aliphatic hydroxyl groups is 1. The monoisotopic (exact) mass is 718 g/mol. The number of carbonyl (C=O) groups is 3. The first kappa shape index (κ1) is 38.2. The minimum atomic E-state index is -1.05. The summed E-state index contributed by atoms with van der Waals surface area (Å²) >= 11 is 2.74. The molecular weight excluding hydrogens is 673 g/mol. The van der Waals surface area contributed by atoms with Crippen LogP contribution in [-0.2, 0) is 35.5 Å². The molecule has 0 aliphatic heterocycles. The van der Waals surface area contributed by atoms with Crippen LogP contribution >= 0.6 is 22.9 Å². The predicted octanol–water partition coefficient (Wildman–Crippen LogP) is 5.81. The van der Waals surface area contributed by atoms with E-state index >= 15 is 0 Å². The number of amides is 4. The molecule has 0 aliphatic carbocycles. The summed E-state index contributed by atoms with van der Waals surface area (Å²) in [7, 11) is 1.66. The van der Waals surface area contributed by atoms with Crippen molar-refractivity contribution in [1.82, 2.24) is 30.2 Å². The lowest BCUT2D eigenvalue weighted by Crippen LogP contribution is -2.55. The normalized spacial score (nSPS) is 13.7. The summed E-state index contributed by atoms with van der Waals surface area (Å²) in [6, 6.07) is 18.5. The summed E-state index contributed by atoms with van der Waals surface area (Å²) in [6.45, 7) is 6.01. The van der Waals surface area contributed by atoms with Gasteiger partial charge < -0.3 is 30.7 Å². The van der Waals surface area contributed by atoms with Gasteiger partial charge in [0.1, 0.15) is 17.7 Å². The van der Waals surface area contributed by atoms with Gasteiger partial charge in [-0.05, 0) is 66.9 Å². The Balaban J connectivity index is 1.46. The van der Waals surface area contributed by atoms with E-state index in [9.17, 15) is 19.5 Å². The maximum absolute atomic E-state index is 13.9. The van der Waals surface area contributed by atoms with E-state index in [4.69, 9.17) is 4.74 Å². The molecule has 0 aliphatic rings. The number of urea groups is 1. The standard InChI is InChI=1S/C37H46N6O5S2/c1-5-12-33-39-29(24-49-33)22-43(4)36(46)42-34(25(2)3)35(45)40-28(19-26-13-8-6-9-14-26)21-32(44)31(20-27-15-10-7-11-16-27)41-37(47)48-23-30-17-18-38-50-30/h5-18,24-25,28,31-32,34,44H,19-23H2,1-4H3,(H,40,45)(H,41,47)(H,42,46)/t28-,31-,32-,34-/m0/s1. The van der Waals surface area contributed by atoms with E-state index in [1.807, 2.05) is 99.0 Å². The second kappa shape index (κ2) is 19.6. The highest BCUT2D eigenvalue weighted by atomic mass is 32.1. The van der Waals surface area contributed by atoms with Crippen molar-refractivity contribution in [1.29, 1.82) is 0 Å². The number of allylic oxidation sites excluding steroid dienone is 1. The molecule has 4 amide bonds. The van der Waals surface area contributed by atoms with Crippen LogP contribution in [0.3, 0.4) is 0 Å². The number of hydrogen-bond donors (Lipinski definition) is 4. The lowest BCUT2D eigenvalue weighted by molar-refractivity contribution is -0.124. The van der Waals surface area contributed by atoms with E-state index in [0.717, 1.165) is 26.7 Å². The number of nitrogens with zero attached hydrogens (tertiary/aromatic N) is 3. The highest BCUT2D eigenvalue weighted by Gasteiger charge is 2.31. The van der Waals surface area contributed by atoms with E-state index in [1.165, 1.54) is 27.8 Å². The smallest absolute Gasteiger partial charge is 0.407 e. The zero-order valence-corrected chi connectivity index (χ0v) is 30.5. The molecule has 4 N–H and O–H groups in total. The Morgan fingerprint density at radius 2 is 1.64 bits per heavy atom. The van der Waals surface area contributed by atoms with Gasteiger partial charge in [-0.3, -0.25) is 4.79 Å². The van der Waals surface area contributed by atoms with Crippen LogP contribution in [0.1, 0.15) is 53.9 Å². The molecule has 4 aromatic rings. The molecule has 2 heterocycles. The number of ether oxygens (including phenoxy) is 1. The second-order valence-electron chi connectivity index (χ2n) is 12.4. The fourth-order valence-electron chi connectivity index (χ4n) is 5.34. The Bertz CT molecular complexity index is 1650. The lowest BCUT2D eigenvalue weighted by Gasteiger charge is -2.30. The second-order valence-corrected chi connectivity index (χ2v) is 14.2. The molecule has 0 fully saturated rings. The molecule has 4 rings (SSSR count). The fourth-order valence-corrected chi connectivity index (χ4v) is 6.60. The van der Waals surface area contributed by atoms with E-state index in [-0.39, 0.29) is 31.4 Å². The molecule has 0 saturated carbocycles. The molecule has 50 heavy (non-hydrogen) atoms. The van der Waals surface area contributed by atoms with Gasteiger partial charge in [0.15, 0.2) is 0 Å². The quantitative estimate of drug-likeness (QED) is 0.108. The van der Waals surface area contributed by atoms with Crippen molar-refractivity contribution in [2.45, 2.75) is 77.4 Å². The van der Waals surface area contributed by atoms with Crippen molar-refractivity contribution >= 4 is 47.0 Å². The average molecular weight is 719 g/mol. The number of carbonyl (C=O) groups excluding carboxylic acids is 3. The van der Waals surface area contributed by atoms with Crippen molar-refractivity contribution in [2.24, 2.45) is 5.92 Å². The Kier molecular flexibility index (Phi) is 15.0. The third kappa shape index (κ3) is 12.4. The molecule has 0 spiro atoms. The largest absolute Gasteiger partial charge is 0.444 e. The van der Waals surface area contributed by atoms with Gasteiger partial charge >= 0.3 is 12.1 Å². The summed E-state index contributed by atoms with van der Waals surface area (Å²) in [6.07, 6.45) is 4.64. The SMILES string of the molecule is CC=Cc1nc(CN(C)C(=O)N[C@H](C(=O)N[C@@H](Cc2ccccc2)C[C@H](O)[C@H](Cc2ccccc2)NC(=O)OCc2ccns2)C(C)C)cs1. The molecule has 2 aromatic heterocycles. The predicted molar refractivity (Wildman–Crippen MR) is 198 cm³/mol. The molecule has 2 aromatic carbocycles. The Morgan fingerprint density at radius 3 is 2.26 bits per heavy atom. The molecule has 0 unspecified atom stereocenters. The zero-order valence-electron chi connectivity index (χ0n) is 28.8. The van der Waals surface area contributed by atoms with Gasteiger partial charge in [-0.25, -0.2) is 18.9 Å². The molecule has 266 valence electrons. The van der Waals surface area contributed by atoms with Crippen molar-refractivity contribution in [3.8, 4) is 0 Å². The van der Waals surface area contributed by atoms with Crippen LogP contribution < -0.4 is 16.0 Å². The van der Waals surface area contributed by atoms with Gasteiger partial charge in [0, 0.05) is 24.7 Å². The number of hydrogen-bond acceptors (Lipinski definition) is 9. The zero-order chi connectivity index (χ0) is 35.9. The van der Waals surface area contributed by atoms with E-state index in [0.29, 0.717) is 12.8 Å². The third-order valence-corrected chi connectivity index (χ3v) is 9.53. The van der Waals surface area contributed by atoms with Crippen LogP contribution in [0.2, 0.25) is 0 Å². The number of aliphatic hydroxyl groups excluding tert-OH is 1. The van der Waals surface area contributed by atoms with Crippen molar-refractivity contribution in [2.75, 3.05) is 7.05 Å². The number of nitrogens with one attached hydrogen (secondary N) is 3. The Morgan fingerprint density at radius 1 is 0.960 bits per heavy atom. The van der Waals surface area contributed by atoms with E-state index < -0.39 is 36.4 Å². The lowest BCUT2D eigenvalue weighted by atomic mass is 9.93. The topological polar surface area (TPSA) is 146 Å². The van der Waals surface area contributed by atoms with Crippen molar-refractivity contribution < 1.29 is 24.2 Å². The fraction of sp³-hybridized carbons (Fsp3) is 0.378. The Labute approximate surface area is 302 Å². The molecule has 0 bridgehead atoms. The van der Waals surface area contributed by atoms with E-state index in [2.05, 4.69) is 25.3 Å². The van der Waals surface area contributed by atoms with E-state index in [1.54, 1.807) is 19.3 Å². The molecule has 4 atom stereocenters. The summed E-state index contributed by atoms with van der Waals surface area (Å²) in [5.41, 5.74) is 2.64. The van der Waals surface area contributed by atoms with Crippen LogP contribution in [0, 0.1) is 5.92 Å². The van der Waals surface area contributed by atoms with Gasteiger partial charge in [0.05, 0.1) is 29.3 Å². The molecule has 13 heteroatoms.